The van der Waals surface area contributed by atoms with Crippen LogP contribution in [0.1, 0.15) is 37.0 Å². The summed E-state index contributed by atoms with van der Waals surface area (Å²) in [7, 11) is -3.85. The van der Waals surface area contributed by atoms with Gasteiger partial charge in [-0.05, 0) is 37.5 Å². The normalized spacial score (nSPS) is 20.9. The van der Waals surface area contributed by atoms with Crippen molar-refractivity contribution in [3.63, 3.8) is 0 Å². The number of carbonyl (C=O) groups is 1. The second-order valence-electron chi connectivity index (χ2n) is 5.12. The van der Waals surface area contributed by atoms with Crippen LogP contribution in [0.15, 0.2) is 23.1 Å². The third kappa shape index (κ3) is 3.74. The summed E-state index contributed by atoms with van der Waals surface area (Å²) >= 11 is 0. The molecule has 0 aromatic heterocycles. The molecule has 2 rings (SSSR count). The maximum absolute atomic E-state index is 12.3. The minimum absolute atomic E-state index is 0.0982. The highest BCUT2D eigenvalue weighted by atomic mass is 32.2. The SMILES string of the molecule is CCOc1ccc(S(N)(=O)=O)cc1C(=O)NC1CC1CC. The van der Waals surface area contributed by atoms with Crippen LogP contribution >= 0.6 is 0 Å². The van der Waals surface area contributed by atoms with E-state index in [0.717, 1.165) is 12.8 Å². The van der Waals surface area contributed by atoms with Gasteiger partial charge < -0.3 is 10.1 Å². The lowest BCUT2D eigenvalue weighted by Gasteiger charge is -2.12. The van der Waals surface area contributed by atoms with E-state index >= 15 is 0 Å². The number of amides is 1. The highest BCUT2D eigenvalue weighted by Gasteiger charge is 2.37. The van der Waals surface area contributed by atoms with Crippen molar-refractivity contribution in [2.75, 3.05) is 6.61 Å². The van der Waals surface area contributed by atoms with Crippen molar-refractivity contribution in [3.05, 3.63) is 23.8 Å². The van der Waals surface area contributed by atoms with Crippen LogP contribution in [0, 0.1) is 5.92 Å². The molecular formula is C14H20N2O4S. The number of ether oxygens (including phenoxy) is 1. The van der Waals surface area contributed by atoms with Gasteiger partial charge in [-0.25, -0.2) is 13.6 Å². The quantitative estimate of drug-likeness (QED) is 0.826. The lowest BCUT2D eigenvalue weighted by molar-refractivity contribution is 0.0945. The summed E-state index contributed by atoms with van der Waals surface area (Å²) in [4.78, 5) is 12.2. The van der Waals surface area contributed by atoms with Crippen LogP contribution in [0.3, 0.4) is 0 Å². The fraction of sp³-hybridized carbons (Fsp3) is 0.500. The van der Waals surface area contributed by atoms with Gasteiger partial charge in [0.25, 0.3) is 5.91 Å². The van der Waals surface area contributed by atoms with Crippen LogP contribution < -0.4 is 15.2 Å². The first kappa shape index (κ1) is 15.8. The van der Waals surface area contributed by atoms with E-state index in [1.165, 1.54) is 18.2 Å². The largest absolute Gasteiger partial charge is 0.493 e. The molecule has 1 saturated carbocycles. The van der Waals surface area contributed by atoms with Crippen molar-refractivity contribution >= 4 is 15.9 Å². The summed E-state index contributed by atoms with van der Waals surface area (Å²) in [6.45, 7) is 4.25. The molecule has 0 bridgehead atoms. The molecule has 1 aliphatic rings. The molecule has 7 heteroatoms. The number of benzene rings is 1. The molecule has 1 aromatic rings. The van der Waals surface area contributed by atoms with Gasteiger partial charge in [-0.1, -0.05) is 13.3 Å². The van der Waals surface area contributed by atoms with Crippen LogP contribution in [0.4, 0.5) is 0 Å². The first-order chi connectivity index (χ1) is 9.86. The Bertz CT molecular complexity index is 642. The summed E-state index contributed by atoms with van der Waals surface area (Å²) in [5.41, 5.74) is 0.199. The van der Waals surface area contributed by atoms with Gasteiger partial charge in [0.1, 0.15) is 5.75 Å². The van der Waals surface area contributed by atoms with Gasteiger partial charge in [0.15, 0.2) is 0 Å². The predicted molar refractivity (Wildman–Crippen MR) is 78.6 cm³/mol. The van der Waals surface area contributed by atoms with E-state index in [2.05, 4.69) is 12.2 Å². The van der Waals surface area contributed by atoms with E-state index in [9.17, 15) is 13.2 Å². The fourth-order valence-corrected chi connectivity index (χ4v) is 2.81. The van der Waals surface area contributed by atoms with Gasteiger partial charge in [0.2, 0.25) is 10.0 Å². The van der Waals surface area contributed by atoms with Crippen molar-refractivity contribution < 1.29 is 17.9 Å². The van der Waals surface area contributed by atoms with Crippen LogP contribution in [-0.2, 0) is 10.0 Å². The number of sulfonamides is 1. The van der Waals surface area contributed by atoms with E-state index < -0.39 is 10.0 Å². The van der Waals surface area contributed by atoms with Crippen molar-refractivity contribution in [1.82, 2.24) is 5.32 Å². The van der Waals surface area contributed by atoms with Crippen LogP contribution in [0.25, 0.3) is 0 Å². The molecule has 6 nitrogen and oxygen atoms in total. The molecule has 2 atom stereocenters. The van der Waals surface area contributed by atoms with Crippen LogP contribution in [0.2, 0.25) is 0 Å². The van der Waals surface area contributed by atoms with E-state index in [1.807, 2.05) is 0 Å². The Morgan fingerprint density at radius 1 is 1.43 bits per heavy atom. The fourth-order valence-electron chi connectivity index (χ4n) is 2.27. The van der Waals surface area contributed by atoms with Crippen molar-refractivity contribution in [1.29, 1.82) is 0 Å². The van der Waals surface area contributed by atoms with E-state index in [4.69, 9.17) is 9.88 Å². The van der Waals surface area contributed by atoms with Gasteiger partial charge in [0.05, 0.1) is 17.1 Å². The monoisotopic (exact) mass is 312 g/mol. The zero-order chi connectivity index (χ0) is 15.6. The Labute approximate surface area is 124 Å². The first-order valence-corrected chi connectivity index (χ1v) is 8.52. The maximum Gasteiger partial charge on any atom is 0.255 e. The lowest BCUT2D eigenvalue weighted by Crippen LogP contribution is -2.27. The van der Waals surface area contributed by atoms with E-state index in [-0.39, 0.29) is 22.4 Å². The highest BCUT2D eigenvalue weighted by molar-refractivity contribution is 7.89. The molecule has 0 aliphatic heterocycles. The number of nitrogens with one attached hydrogen (secondary N) is 1. The Hall–Kier alpha value is -1.60. The lowest BCUT2D eigenvalue weighted by atomic mass is 10.2. The zero-order valence-electron chi connectivity index (χ0n) is 12.1. The second kappa shape index (κ2) is 6.03. The van der Waals surface area contributed by atoms with Gasteiger partial charge in [0, 0.05) is 6.04 Å². The molecule has 0 saturated heterocycles. The molecule has 116 valence electrons. The molecule has 21 heavy (non-hydrogen) atoms. The summed E-state index contributed by atoms with van der Waals surface area (Å²) in [5, 5.41) is 8.00. The average molecular weight is 312 g/mol. The van der Waals surface area contributed by atoms with Crippen molar-refractivity contribution in [2.45, 2.75) is 37.6 Å². The smallest absolute Gasteiger partial charge is 0.255 e. The zero-order valence-corrected chi connectivity index (χ0v) is 12.9. The summed E-state index contributed by atoms with van der Waals surface area (Å²) in [6, 6.07) is 4.22. The average Bonchev–Trinajstić information content (AvgIpc) is 3.16. The maximum atomic E-state index is 12.3. The number of hydrogen-bond acceptors (Lipinski definition) is 4. The number of carbonyl (C=O) groups excluding carboxylic acids is 1. The van der Waals surface area contributed by atoms with Gasteiger partial charge >= 0.3 is 0 Å². The second-order valence-corrected chi connectivity index (χ2v) is 6.68. The van der Waals surface area contributed by atoms with Gasteiger partial charge in [-0.15, -0.1) is 0 Å². The molecule has 0 radical (unpaired) electrons. The minimum Gasteiger partial charge on any atom is -0.493 e. The number of rotatable bonds is 6. The van der Waals surface area contributed by atoms with Crippen LogP contribution in [0.5, 0.6) is 5.75 Å². The molecular weight excluding hydrogens is 292 g/mol. The minimum atomic E-state index is -3.85. The van der Waals surface area contributed by atoms with Gasteiger partial charge in [-0.2, -0.15) is 0 Å². The first-order valence-electron chi connectivity index (χ1n) is 6.97. The third-order valence-electron chi connectivity index (χ3n) is 3.59. The summed E-state index contributed by atoms with van der Waals surface area (Å²) in [6.07, 6.45) is 1.97. The van der Waals surface area contributed by atoms with Crippen molar-refractivity contribution in [2.24, 2.45) is 11.1 Å². The molecule has 0 spiro atoms. The van der Waals surface area contributed by atoms with E-state index in [1.54, 1.807) is 6.92 Å². The van der Waals surface area contributed by atoms with Gasteiger partial charge in [-0.3, -0.25) is 4.79 Å². The topological polar surface area (TPSA) is 98.5 Å². The Morgan fingerprint density at radius 3 is 2.67 bits per heavy atom. The Morgan fingerprint density at radius 2 is 2.14 bits per heavy atom. The standard InChI is InChI=1S/C14H20N2O4S/c1-3-9-7-12(9)16-14(17)11-8-10(21(15,18)19)5-6-13(11)20-4-2/h5-6,8-9,12H,3-4,7H2,1-2H3,(H,16,17)(H2,15,18,19). The molecule has 2 unspecified atom stereocenters. The number of primary sulfonamides is 1. The van der Waals surface area contributed by atoms with Crippen LogP contribution in [-0.4, -0.2) is 27.0 Å². The highest BCUT2D eigenvalue weighted by Crippen LogP contribution is 2.34. The third-order valence-corrected chi connectivity index (χ3v) is 4.50. The molecule has 1 aromatic carbocycles. The summed E-state index contributed by atoms with van der Waals surface area (Å²) in [5.74, 6) is 0.534. The summed E-state index contributed by atoms with van der Waals surface area (Å²) < 4.78 is 28.2. The number of hydrogen-bond donors (Lipinski definition) is 2. The molecule has 1 fully saturated rings. The van der Waals surface area contributed by atoms with E-state index in [0.29, 0.717) is 18.3 Å². The van der Waals surface area contributed by atoms with Crippen molar-refractivity contribution in [3.8, 4) is 5.75 Å². The predicted octanol–water partition coefficient (Wildman–Crippen LogP) is 1.26. The molecule has 1 amide bonds. The Balaban J connectivity index is 2.27. The molecule has 1 aliphatic carbocycles. The Kier molecular flexibility index (Phi) is 4.53. The molecule has 0 heterocycles. The number of nitrogens with two attached hydrogens (primary N) is 1. The molecule has 3 N–H and O–H groups in total.